The van der Waals surface area contributed by atoms with Crippen LogP contribution in [0.4, 0.5) is 0 Å². The second-order valence-electron chi connectivity index (χ2n) is 6.99. The molecule has 1 aliphatic carbocycles. The fraction of sp³-hybridized carbons (Fsp3) is 0.400. The summed E-state index contributed by atoms with van der Waals surface area (Å²) in [7, 11) is 0. The third kappa shape index (κ3) is 3.69. The first-order valence-corrected chi connectivity index (χ1v) is 10.4. The first-order chi connectivity index (χ1) is 13.1. The van der Waals surface area contributed by atoms with Gasteiger partial charge in [-0.1, -0.05) is 42.1 Å². The topological polar surface area (TPSA) is 63.4 Å². The molecule has 0 spiro atoms. The summed E-state index contributed by atoms with van der Waals surface area (Å²) in [6, 6.07) is 10.6. The lowest BCUT2D eigenvalue weighted by Gasteiger charge is -2.23. The number of carbonyl (C=O) groups is 1. The SMILES string of the molecule is CSc1nc2nc(C)c(CC(=O)N(Cc3ccccc3)C3CC3)c(C)n2n1. The van der Waals surface area contributed by atoms with Crippen molar-refractivity contribution >= 4 is 23.4 Å². The highest BCUT2D eigenvalue weighted by atomic mass is 32.2. The van der Waals surface area contributed by atoms with Gasteiger partial charge in [-0.2, -0.15) is 4.98 Å². The van der Waals surface area contributed by atoms with Gasteiger partial charge in [0.2, 0.25) is 11.1 Å². The number of benzene rings is 1. The number of nitrogens with zero attached hydrogens (tertiary/aromatic N) is 5. The third-order valence-corrected chi connectivity index (χ3v) is 5.58. The maximum atomic E-state index is 13.1. The maximum absolute atomic E-state index is 13.1. The highest BCUT2D eigenvalue weighted by Gasteiger charge is 2.33. The van der Waals surface area contributed by atoms with E-state index in [2.05, 4.69) is 27.2 Å². The molecular weight excluding hydrogens is 358 g/mol. The molecule has 0 radical (unpaired) electrons. The number of thioether (sulfide) groups is 1. The Morgan fingerprint density at radius 2 is 1.96 bits per heavy atom. The van der Waals surface area contributed by atoms with Gasteiger partial charge in [0, 0.05) is 29.5 Å². The van der Waals surface area contributed by atoms with Crippen molar-refractivity contribution in [3.8, 4) is 0 Å². The van der Waals surface area contributed by atoms with Crippen LogP contribution < -0.4 is 0 Å². The fourth-order valence-electron chi connectivity index (χ4n) is 3.37. The molecule has 0 bridgehead atoms. The maximum Gasteiger partial charge on any atom is 0.253 e. The van der Waals surface area contributed by atoms with Crippen molar-refractivity contribution < 1.29 is 4.79 Å². The van der Waals surface area contributed by atoms with Gasteiger partial charge in [0.05, 0.1) is 6.42 Å². The Hall–Kier alpha value is -2.41. The van der Waals surface area contributed by atoms with Crippen LogP contribution in [0.15, 0.2) is 35.5 Å². The zero-order chi connectivity index (χ0) is 19.0. The predicted molar refractivity (Wildman–Crippen MR) is 106 cm³/mol. The smallest absolute Gasteiger partial charge is 0.253 e. The molecular formula is C20H23N5OS. The molecule has 140 valence electrons. The molecule has 0 saturated heterocycles. The van der Waals surface area contributed by atoms with Crippen molar-refractivity contribution in [3.63, 3.8) is 0 Å². The molecule has 1 aromatic carbocycles. The van der Waals surface area contributed by atoms with Gasteiger partial charge in [-0.25, -0.2) is 9.50 Å². The first-order valence-electron chi connectivity index (χ1n) is 9.17. The van der Waals surface area contributed by atoms with Crippen LogP contribution in [0.1, 0.15) is 35.4 Å². The number of aryl methyl sites for hydroxylation is 2. The number of amides is 1. The third-order valence-electron chi connectivity index (χ3n) is 5.04. The van der Waals surface area contributed by atoms with Gasteiger partial charge < -0.3 is 4.90 Å². The van der Waals surface area contributed by atoms with E-state index in [0.717, 1.165) is 29.8 Å². The second kappa shape index (κ2) is 7.31. The van der Waals surface area contributed by atoms with Crippen LogP contribution in [-0.4, -0.2) is 42.7 Å². The first kappa shape index (κ1) is 18.0. The Labute approximate surface area is 163 Å². The summed E-state index contributed by atoms with van der Waals surface area (Å²) in [5.74, 6) is 0.743. The van der Waals surface area contributed by atoms with E-state index in [9.17, 15) is 4.79 Å². The van der Waals surface area contributed by atoms with E-state index in [0.29, 0.717) is 29.9 Å². The molecule has 1 amide bonds. The largest absolute Gasteiger partial charge is 0.335 e. The molecule has 4 rings (SSSR count). The fourth-order valence-corrected chi connectivity index (χ4v) is 3.71. The molecule has 6 nitrogen and oxygen atoms in total. The average molecular weight is 382 g/mol. The van der Waals surface area contributed by atoms with Gasteiger partial charge in [0.1, 0.15) is 0 Å². The van der Waals surface area contributed by atoms with E-state index in [4.69, 9.17) is 0 Å². The molecule has 1 saturated carbocycles. The normalized spacial score (nSPS) is 13.9. The van der Waals surface area contributed by atoms with Crippen molar-refractivity contribution in [2.75, 3.05) is 6.26 Å². The lowest BCUT2D eigenvalue weighted by molar-refractivity contribution is -0.131. The molecule has 0 unspecified atom stereocenters. The van der Waals surface area contributed by atoms with Crippen molar-refractivity contribution in [3.05, 3.63) is 52.8 Å². The Morgan fingerprint density at radius 3 is 2.63 bits per heavy atom. The van der Waals surface area contributed by atoms with Gasteiger partial charge in [-0.05, 0) is 38.5 Å². The summed E-state index contributed by atoms with van der Waals surface area (Å²) in [5, 5.41) is 5.17. The number of hydrogen-bond donors (Lipinski definition) is 0. The van der Waals surface area contributed by atoms with Gasteiger partial charge in [0.15, 0.2) is 0 Å². The van der Waals surface area contributed by atoms with Crippen LogP contribution in [0.2, 0.25) is 0 Å². The van der Waals surface area contributed by atoms with E-state index in [-0.39, 0.29) is 5.91 Å². The Kier molecular flexibility index (Phi) is 4.86. The standard InChI is InChI=1S/C20H23N5OS/c1-13-17(14(2)25-19(21-13)22-20(23-25)27-3)11-18(26)24(16-9-10-16)12-15-7-5-4-6-8-15/h4-8,16H,9-12H2,1-3H3. The van der Waals surface area contributed by atoms with Crippen molar-refractivity contribution in [2.24, 2.45) is 0 Å². The lowest BCUT2D eigenvalue weighted by Crippen LogP contribution is -2.34. The van der Waals surface area contributed by atoms with Crippen LogP contribution >= 0.6 is 11.8 Å². The summed E-state index contributed by atoms with van der Waals surface area (Å²) in [5.41, 5.74) is 3.90. The van der Waals surface area contributed by atoms with Crippen LogP contribution in [-0.2, 0) is 17.8 Å². The van der Waals surface area contributed by atoms with Gasteiger partial charge in [-0.3, -0.25) is 4.79 Å². The highest BCUT2D eigenvalue weighted by molar-refractivity contribution is 7.98. The lowest BCUT2D eigenvalue weighted by atomic mass is 10.1. The number of rotatable bonds is 6. The number of hydrogen-bond acceptors (Lipinski definition) is 5. The minimum Gasteiger partial charge on any atom is -0.335 e. The van der Waals surface area contributed by atoms with Crippen LogP contribution in [0.3, 0.4) is 0 Å². The van der Waals surface area contributed by atoms with Crippen LogP contribution in [0, 0.1) is 13.8 Å². The molecule has 1 aliphatic rings. The van der Waals surface area contributed by atoms with Crippen molar-refractivity contribution in [1.82, 2.24) is 24.5 Å². The molecule has 3 aromatic rings. The number of aromatic nitrogens is 4. The van der Waals surface area contributed by atoms with Crippen molar-refractivity contribution in [1.29, 1.82) is 0 Å². The molecule has 0 aliphatic heterocycles. The zero-order valence-corrected chi connectivity index (χ0v) is 16.7. The summed E-state index contributed by atoms with van der Waals surface area (Å²) in [6.45, 7) is 4.60. The summed E-state index contributed by atoms with van der Waals surface area (Å²) < 4.78 is 1.75. The van der Waals surface area contributed by atoms with Gasteiger partial charge >= 0.3 is 0 Å². The van der Waals surface area contributed by atoms with Crippen LogP contribution in [0.25, 0.3) is 5.78 Å². The van der Waals surface area contributed by atoms with E-state index in [1.165, 1.54) is 17.3 Å². The summed E-state index contributed by atoms with van der Waals surface area (Å²) in [6.07, 6.45) is 4.47. The highest BCUT2D eigenvalue weighted by Crippen LogP contribution is 2.29. The van der Waals surface area contributed by atoms with E-state index in [1.54, 1.807) is 4.52 Å². The van der Waals surface area contributed by atoms with E-state index >= 15 is 0 Å². The Morgan fingerprint density at radius 1 is 1.22 bits per heavy atom. The minimum atomic E-state index is 0.152. The molecule has 27 heavy (non-hydrogen) atoms. The Bertz CT molecular complexity index is 981. The molecule has 0 atom stereocenters. The summed E-state index contributed by atoms with van der Waals surface area (Å²) in [4.78, 5) is 24.1. The van der Waals surface area contributed by atoms with E-state index < -0.39 is 0 Å². The molecule has 1 fully saturated rings. The van der Waals surface area contributed by atoms with E-state index in [1.807, 2.05) is 43.2 Å². The second-order valence-corrected chi connectivity index (χ2v) is 7.76. The monoisotopic (exact) mass is 381 g/mol. The molecule has 7 heteroatoms. The van der Waals surface area contributed by atoms with Crippen LogP contribution in [0.5, 0.6) is 0 Å². The molecule has 2 aromatic heterocycles. The average Bonchev–Trinajstić information content (AvgIpc) is 3.43. The zero-order valence-electron chi connectivity index (χ0n) is 15.8. The molecule has 2 heterocycles. The predicted octanol–water partition coefficient (Wildman–Crippen LogP) is 3.20. The Balaban J connectivity index is 1.61. The van der Waals surface area contributed by atoms with Gasteiger partial charge in [0.25, 0.3) is 5.78 Å². The quantitative estimate of drug-likeness (QED) is 0.614. The van der Waals surface area contributed by atoms with Crippen molar-refractivity contribution in [2.45, 2.75) is 50.9 Å². The summed E-state index contributed by atoms with van der Waals surface area (Å²) >= 11 is 1.49. The minimum absolute atomic E-state index is 0.152. The number of fused-ring (bicyclic) bond motifs is 1. The van der Waals surface area contributed by atoms with Gasteiger partial charge in [-0.15, -0.1) is 5.10 Å². The molecule has 0 N–H and O–H groups in total. The number of carbonyl (C=O) groups excluding carboxylic acids is 1.